The minimum Gasteiger partial charge on any atom is -0.396 e. The van der Waals surface area contributed by atoms with Gasteiger partial charge in [0, 0.05) is 30.2 Å². The Hall–Kier alpha value is -0.510. The predicted octanol–water partition coefficient (Wildman–Crippen LogP) is 3.12. The van der Waals surface area contributed by atoms with Gasteiger partial charge in [0.05, 0.1) is 0 Å². The standard InChI is InChI=1S/C16H23NOS/c18-9-12-5-2-4-8-15(12)17-16-11-19-10-13-6-1-3-7-14(13)16/h1,3,6-7,12,15-18H,2,4-5,8-11H2. The molecular weight excluding hydrogens is 254 g/mol. The summed E-state index contributed by atoms with van der Waals surface area (Å²) in [6.45, 7) is 0.333. The normalized spacial score (nSPS) is 30.9. The summed E-state index contributed by atoms with van der Waals surface area (Å²) in [6, 6.07) is 9.76. The summed E-state index contributed by atoms with van der Waals surface area (Å²) in [5.74, 6) is 2.75. The lowest BCUT2D eigenvalue weighted by Crippen LogP contribution is -2.43. The SMILES string of the molecule is OCC1CCCCC1NC1CSCc2ccccc21. The predicted molar refractivity (Wildman–Crippen MR) is 81.3 cm³/mol. The van der Waals surface area contributed by atoms with Crippen LogP contribution in [0, 0.1) is 5.92 Å². The molecule has 0 radical (unpaired) electrons. The second-order valence-electron chi connectivity index (χ2n) is 5.77. The van der Waals surface area contributed by atoms with E-state index in [0.717, 1.165) is 11.5 Å². The molecule has 3 rings (SSSR count). The maximum Gasteiger partial charge on any atom is 0.0474 e. The van der Waals surface area contributed by atoms with Gasteiger partial charge in [0.1, 0.15) is 0 Å². The van der Waals surface area contributed by atoms with Crippen LogP contribution in [0.4, 0.5) is 0 Å². The average molecular weight is 277 g/mol. The van der Waals surface area contributed by atoms with Gasteiger partial charge in [-0.05, 0) is 29.9 Å². The third-order valence-corrected chi connectivity index (χ3v) is 5.62. The van der Waals surface area contributed by atoms with E-state index in [9.17, 15) is 5.11 Å². The minimum absolute atomic E-state index is 0.333. The number of aliphatic hydroxyl groups excluding tert-OH is 1. The molecule has 0 aromatic heterocycles. The Labute approximate surface area is 120 Å². The van der Waals surface area contributed by atoms with Crippen molar-refractivity contribution < 1.29 is 5.11 Å². The monoisotopic (exact) mass is 277 g/mol. The Morgan fingerprint density at radius 1 is 1.21 bits per heavy atom. The second kappa shape index (κ2) is 6.29. The summed E-state index contributed by atoms with van der Waals surface area (Å²) in [5.41, 5.74) is 2.95. The highest BCUT2D eigenvalue weighted by molar-refractivity contribution is 7.98. The first-order chi connectivity index (χ1) is 9.38. The van der Waals surface area contributed by atoms with Crippen molar-refractivity contribution in [1.29, 1.82) is 0 Å². The van der Waals surface area contributed by atoms with E-state index < -0.39 is 0 Å². The zero-order valence-corrected chi connectivity index (χ0v) is 12.2. The Balaban J connectivity index is 1.73. The van der Waals surface area contributed by atoms with E-state index in [0.29, 0.717) is 24.6 Å². The first-order valence-electron chi connectivity index (χ1n) is 7.41. The fraction of sp³-hybridized carbons (Fsp3) is 0.625. The molecule has 1 fully saturated rings. The highest BCUT2D eigenvalue weighted by Crippen LogP contribution is 2.34. The number of hydrogen-bond acceptors (Lipinski definition) is 3. The summed E-state index contributed by atoms with van der Waals surface area (Å²) in [7, 11) is 0. The molecule has 0 amide bonds. The van der Waals surface area contributed by atoms with Crippen LogP contribution >= 0.6 is 11.8 Å². The van der Waals surface area contributed by atoms with Crippen molar-refractivity contribution in [2.75, 3.05) is 12.4 Å². The molecule has 19 heavy (non-hydrogen) atoms. The first-order valence-corrected chi connectivity index (χ1v) is 8.56. The number of fused-ring (bicyclic) bond motifs is 1. The van der Waals surface area contributed by atoms with E-state index in [1.54, 1.807) is 0 Å². The van der Waals surface area contributed by atoms with Crippen molar-refractivity contribution in [2.24, 2.45) is 5.92 Å². The van der Waals surface area contributed by atoms with Gasteiger partial charge >= 0.3 is 0 Å². The molecule has 1 saturated carbocycles. The molecule has 2 nitrogen and oxygen atoms in total. The van der Waals surface area contributed by atoms with Gasteiger partial charge in [0.2, 0.25) is 0 Å². The smallest absolute Gasteiger partial charge is 0.0474 e. The van der Waals surface area contributed by atoms with Crippen molar-refractivity contribution in [3.8, 4) is 0 Å². The molecular formula is C16H23NOS. The van der Waals surface area contributed by atoms with Gasteiger partial charge in [-0.15, -0.1) is 0 Å². The van der Waals surface area contributed by atoms with E-state index in [1.165, 1.54) is 36.8 Å². The van der Waals surface area contributed by atoms with E-state index in [4.69, 9.17) is 0 Å². The van der Waals surface area contributed by atoms with Crippen molar-refractivity contribution in [2.45, 2.75) is 43.5 Å². The molecule has 3 heteroatoms. The number of hydrogen-bond donors (Lipinski definition) is 2. The zero-order valence-electron chi connectivity index (χ0n) is 11.3. The summed E-state index contributed by atoms with van der Waals surface area (Å²) in [6.07, 6.45) is 4.97. The highest BCUT2D eigenvalue weighted by atomic mass is 32.2. The molecule has 1 aliphatic carbocycles. The van der Waals surface area contributed by atoms with Crippen molar-refractivity contribution in [3.05, 3.63) is 35.4 Å². The number of benzene rings is 1. The van der Waals surface area contributed by atoms with Crippen molar-refractivity contribution in [1.82, 2.24) is 5.32 Å². The van der Waals surface area contributed by atoms with Crippen LogP contribution in [0.15, 0.2) is 24.3 Å². The fourth-order valence-electron chi connectivity index (χ4n) is 3.42. The van der Waals surface area contributed by atoms with Crippen LogP contribution < -0.4 is 5.32 Å². The number of rotatable bonds is 3. The van der Waals surface area contributed by atoms with Gasteiger partial charge in [-0.25, -0.2) is 0 Å². The lowest BCUT2D eigenvalue weighted by molar-refractivity contribution is 0.147. The molecule has 0 bridgehead atoms. The third kappa shape index (κ3) is 2.99. The van der Waals surface area contributed by atoms with E-state index >= 15 is 0 Å². The molecule has 0 saturated heterocycles. The molecule has 104 valence electrons. The number of thioether (sulfide) groups is 1. The molecule has 2 N–H and O–H groups in total. The minimum atomic E-state index is 0.333. The van der Waals surface area contributed by atoms with Crippen LogP contribution in [0.3, 0.4) is 0 Å². The Kier molecular flexibility index (Phi) is 4.46. The average Bonchev–Trinajstić information content (AvgIpc) is 2.48. The largest absolute Gasteiger partial charge is 0.396 e. The van der Waals surface area contributed by atoms with Gasteiger partial charge in [-0.2, -0.15) is 11.8 Å². The first kappa shape index (κ1) is 13.5. The zero-order chi connectivity index (χ0) is 13.1. The molecule has 1 aromatic rings. The van der Waals surface area contributed by atoms with Crippen molar-refractivity contribution >= 4 is 11.8 Å². The Morgan fingerprint density at radius 2 is 2.05 bits per heavy atom. The van der Waals surface area contributed by atoms with Crippen LogP contribution in [0.1, 0.15) is 42.9 Å². The lowest BCUT2D eigenvalue weighted by Gasteiger charge is -2.36. The van der Waals surface area contributed by atoms with Crippen LogP contribution in [0.2, 0.25) is 0 Å². The van der Waals surface area contributed by atoms with Crippen molar-refractivity contribution in [3.63, 3.8) is 0 Å². The van der Waals surface area contributed by atoms with Crippen LogP contribution in [-0.4, -0.2) is 23.5 Å². The second-order valence-corrected chi connectivity index (χ2v) is 6.80. The maximum absolute atomic E-state index is 9.54. The van der Waals surface area contributed by atoms with Gasteiger partial charge in [-0.1, -0.05) is 37.1 Å². The third-order valence-electron chi connectivity index (χ3n) is 4.53. The van der Waals surface area contributed by atoms with Gasteiger partial charge in [0.15, 0.2) is 0 Å². The summed E-state index contributed by atoms with van der Waals surface area (Å²) in [4.78, 5) is 0. The van der Waals surface area contributed by atoms with E-state index in [-0.39, 0.29) is 0 Å². The summed E-state index contributed by atoms with van der Waals surface area (Å²) >= 11 is 2.02. The molecule has 3 unspecified atom stereocenters. The van der Waals surface area contributed by atoms with Crippen LogP contribution in [-0.2, 0) is 5.75 Å². The Morgan fingerprint density at radius 3 is 2.95 bits per heavy atom. The molecule has 1 aliphatic heterocycles. The van der Waals surface area contributed by atoms with Gasteiger partial charge in [0.25, 0.3) is 0 Å². The molecule has 2 aliphatic rings. The summed E-state index contributed by atoms with van der Waals surface area (Å²) in [5, 5.41) is 13.4. The van der Waals surface area contributed by atoms with Gasteiger partial charge < -0.3 is 10.4 Å². The van der Waals surface area contributed by atoms with E-state index in [1.807, 2.05) is 11.8 Å². The highest BCUT2D eigenvalue weighted by Gasteiger charge is 2.28. The number of aliphatic hydroxyl groups is 1. The topological polar surface area (TPSA) is 32.3 Å². The molecule has 0 spiro atoms. The quantitative estimate of drug-likeness (QED) is 0.890. The number of nitrogens with one attached hydrogen (secondary N) is 1. The summed E-state index contributed by atoms with van der Waals surface area (Å²) < 4.78 is 0. The van der Waals surface area contributed by atoms with Gasteiger partial charge in [-0.3, -0.25) is 0 Å². The molecule has 3 atom stereocenters. The molecule has 1 heterocycles. The maximum atomic E-state index is 9.54. The van der Waals surface area contributed by atoms with E-state index in [2.05, 4.69) is 29.6 Å². The van der Waals surface area contributed by atoms with Crippen LogP contribution in [0.25, 0.3) is 0 Å². The lowest BCUT2D eigenvalue weighted by atomic mass is 9.84. The fourth-order valence-corrected chi connectivity index (χ4v) is 4.54. The van der Waals surface area contributed by atoms with Crippen LogP contribution in [0.5, 0.6) is 0 Å². The Bertz CT molecular complexity index is 423. The molecule has 1 aromatic carbocycles.